The number of likely N-dealkylation sites (tertiary alicyclic amines) is 1. The summed E-state index contributed by atoms with van der Waals surface area (Å²) in [5.41, 5.74) is 6.54. The summed E-state index contributed by atoms with van der Waals surface area (Å²) in [6.07, 6.45) is 4.39. The summed E-state index contributed by atoms with van der Waals surface area (Å²) in [6, 6.07) is 13.6. The van der Waals surface area contributed by atoms with E-state index in [1.54, 1.807) is 7.05 Å². The van der Waals surface area contributed by atoms with Gasteiger partial charge in [-0.2, -0.15) is 0 Å². The second-order valence-corrected chi connectivity index (χ2v) is 18.4. The number of aromatic nitrogens is 3. The lowest BCUT2D eigenvalue weighted by molar-refractivity contribution is -0.134. The first-order chi connectivity index (χ1) is 30.4. The Labute approximate surface area is 369 Å². The number of nitrogens with one attached hydrogen (secondary N) is 3. The molecule has 0 bridgehead atoms. The van der Waals surface area contributed by atoms with Crippen molar-refractivity contribution in [2.45, 2.75) is 75.0 Å². The van der Waals surface area contributed by atoms with E-state index >= 15 is 8.78 Å². The molecule has 63 heavy (non-hydrogen) atoms. The molecule has 2 aromatic carbocycles. The van der Waals surface area contributed by atoms with E-state index in [1.807, 2.05) is 29.2 Å². The number of benzene rings is 2. The summed E-state index contributed by atoms with van der Waals surface area (Å²) in [7, 11) is 1.80. The number of amides is 3. The number of carbonyl (C=O) groups is 3. The number of piperidine rings is 3. The molecule has 3 N–H and O–H groups in total. The highest BCUT2D eigenvalue weighted by molar-refractivity contribution is 6.32. The summed E-state index contributed by atoms with van der Waals surface area (Å²) < 4.78 is 47.0. The number of imidazole rings is 1. The van der Waals surface area contributed by atoms with Crippen molar-refractivity contribution in [1.29, 1.82) is 0 Å². The SMILES string of the molecule is CNc1cc(N2CCc3c(N4CCC(N5CCC(CN6CCN(c7ccc(C8CCC(=O)NC8=O)c(Cl)c7)CC6)C(F)(F)C5)CC4)cccc32)nn2c(C(=O)N[C@@H]3C[C@@H]3F)cnc12. The Morgan fingerprint density at radius 2 is 1.71 bits per heavy atom. The topological polar surface area (TPSA) is 134 Å². The third-order valence-corrected chi connectivity index (χ3v) is 14.5. The normalized spacial score (nSPS) is 25.6. The van der Waals surface area contributed by atoms with Crippen LogP contribution >= 0.6 is 11.6 Å². The number of hydrogen-bond donors (Lipinski definition) is 3. The lowest BCUT2D eigenvalue weighted by Crippen LogP contribution is -2.57. The molecular formula is C45H53ClF3N11O3. The molecule has 5 aliphatic heterocycles. The average molecular weight is 888 g/mol. The van der Waals surface area contributed by atoms with Gasteiger partial charge in [0.2, 0.25) is 11.8 Å². The summed E-state index contributed by atoms with van der Waals surface area (Å²) in [6.45, 7) is 5.84. The van der Waals surface area contributed by atoms with Crippen LogP contribution in [0.3, 0.4) is 0 Å². The first kappa shape index (κ1) is 41.9. The average Bonchev–Trinajstić information content (AvgIpc) is 3.59. The molecule has 5 fully saturated rings. The van der Waals surface area contributed by atoms with Crippen LogP contribution in [-0.4, -0.2) is 139 Å². The van der Waals surface area contributed by atoms with Gasteiger partial charge in [0, 0.05) is 118 Å². The lowest BCUT2D eigenvalue weighted by Gasteiger charge is -2.46. The zero-order chi connectivity index (χ0) is 43.6. The predicted octanol–water partition coefficient (Wildman–Crippen LogP) is 5.23. The second kappa shape index (κ2) is 16.8. The molecule has 334 valence electrons. The number of imide groups is 1. The number of rotatable bonds is 10. The Morgan fingerprint density at radius 1 is 0.937 bits per heavy atom. The van der Waals surface area contributed by atoms with Crippen molar-refractivity contribution in [2.24, 2.45) is 5.92 Å². The molecule has 7 heterocycles. The van der Waals surface area contributed by atoms with Crippen LogP contribution in [0.15, 0.2) is 48.7 Å². The molecule has 4 atom stereocenters. The molecule has 10 rings (SSSR count). The standard InChI is InChI=1S/C45H53ClF3N11O3/c1-50-36-23-40(54-60-39(24-51-42(36)60)44(63)52-35-22-34(35)47)59-16-12-32-37(3-2-4-38(32)59)57-14-10-28(11-15-57)58-13-9-27(45(48,49)26-58)25-55-17-19-56(20-18-55)29-5-6-30(33(46)21-29)31-7-8-41(61)53-43(31)62/h2-6,21,23-24,27-28,31,34-35,50H,7-20,22,25-26H2,1H3,(H,52,63)(H,53,61,62)/t27?,31?,34-,35+/m0/s1. The van der Waals surface area contributed by atoms with Gasteiger partial charge in [-0.25, -0.2) is 22.7 Å². The van der Waals surface area contributed by atoms with Crippen LogP contribution in [0.1, 0.15) is 66.1 Å². The van der Waals surface area contributed by atoms with Crippen LogP contribution in [0.2, 0.25) is 5.02 Å². The van der Waals surface area contributed by atoms with Gasteiger partial charge >= 0.3 is 0 Å². The third kappa shape index (κ3) is 8.16. The molecule has 4 saturated heterocycles. The first-order valence-corrected chi connectivity index (χ1v) is 22.7. The van der Waals surface area contributed by atoms with Crippen molar-refractivity contribution in [3.05, 3.63) is 70.5 Å². The minimum absolute atomic E-state index is 0.103. The number of hydrogen-bond acceptors (Lipinski definition) is 11. The molecule has 1 saturated carbocycles. The van der Waals surface area contributed by atoms with Gasteiger partial charge < -0.3 is 25.3 Å². The van der Waals surface area contributed by atoms with E-state index in [9.17, 15) is 18.8 Å². The highest BCUT2D eigenvalue weighted by atomic mass is 35.5. The highest BCUT2D eigenvalue weighted by Crippen LogP contribution is 2.42. The van der Waals surface area contributed by atoms with Crippen LogP contribution in [0.5, 0.6) is 0 Å². The second-order valence-electron chi connectivity index (χ2n) is 18.0. The largest absolute Gasteiger partial charge is 0.385 e. The smallest absolute Gasteiger partial charge is 0.271 e. The summed E-state index contributed by atoms with van der Waals surface area (Å²) in [5, 5.41) is 13.7. The quantitative estimate of drug-likeness (QED) is 0.181. The maximum Gasteiger partial charge on any atom is 0.271 e. The Kier molecular flexibility index (Phi) is 11.1. The van der Waals surface area contributed by atoms with Crippen LogP contribution in [-0.2, 0) is 16.0 Å². The van der Waals surface area contributed by atoms with Gasteiger partial charge in [-0.3, -0.25) is 29.5 Å². The van der Waals surface area contributed by atoms with Crippen molar-refractivity contribution in [3.63, 3.8) is 0 Å². The van der Waals surface area contributed by atoms with Gasteiger partial charge in [0.25, 0.3) is 11.8 Å². The summed E-state index contributed by atoms with van der Waals surface area (Å²) >= 11 is 6.65. The number of nitrogens with zero attached hydrogens (tertiary/aromatic N) is 8. The molecule has 0 radical (unpaired) electrons. The zero-order valence-corrected chi connectivity index (χ0v) is 36.1. The minimum Gasteiger partial charge on any atom is -0.385 e. The van der Waals surface area contributed by atoms with Gasteiger partial charge in [0.15, 0.2) is 17.2 Å². The Hall–Kier alpha value is -5.13. The van der Waals surface area contributed by atoms with Crippen LogP contribution in [0, 0.1) is 5.92 Å². The Morgan fingerprint density at radius 3 is 2.43 bits per heavy atom. The summed E-state index contributed by atoms with van der Waals surface area (Å²) in [5.74, 6) is -4.25. The van der Waals surface area contributed by atoms with Gasteiger partial charge in [0.1, 0.15) is 6.17 Å². The van der Waals surface area contributed by atoms with E-state index in [2.05, 4.69) is 58.7 Å². The fourth-order valence-electron chi connectivity index (χ4n) is 10.4. The number of anilines is 5. The van der Waals surface area contributed by atoms with Gasteiger partial charge in [-0.15, -0.1) is 5.10 Å². The first-order valence-electron chi connectivity index (χ1n) is 22.3. The predicted molar refractivity (Wildman–Crippen MR) is 236 cm³/mol. The van der Waals surface area contributed by atoms with Crippen molar-refractivity contribution in [1.82, 2.24) is 35.0 Å². The third-order valence-electron chi connectivity index (χ3n) is 14.2. The number of piperazine rings is 1. The number of halogens is 4. The van der Waals surface area contributed by atoms with E-state index in [-0.39, 0.29) is 36.5 Å². The monoisotopic (exact) mass is 887 g/mol. The van der Waals surface area contributed by atoms with Crippen molar-refractivity contribution in [3.8, 4) is 0 Å². The molecule has 2 aromatic heterocycles. The summed E-state index contributed by atoms with van der Waals surface area (Å²) in [4.78, 5) is 52.5. The molecular weight excluding hydrogens is 835 g/mol. The zero-order valence-electron chi connectivity index (χ0n) is 35.3. The van der Waals surface area contributed by atoms with Gasteiger partial charge in [-0.05, 0) is 68.5 Å². The van der Waals surface area contributed by atoms with E-state index in [0.29, 0.717) is 92.8 Å². The molecule has 14 nitrogen and oxygen atoms in total. The molecule has 3 amide bonds. The molecule has 4 aromatic rings. The number of alkyl halides is 3. The van der Waals surface area contributed by atoms with Gasteiger partial charge in [0.05, 0.1) is 30.4 Å². The molecule has 6 aliphatic rings. The molecule has 2 unspecified atom stereocenters. The van der Waals surface area contributed by atoms with Gasteiger partial charge in [-0.1, -0.05) is 23.7 Å². The maximum atomic E-state index is 16.0. The van der Waals surface area contributed by atoms with E-state index in [4.69, 9.17) is 16.7 Å². The highest BCUT2D eigenvalue weighted by Gasteiger charge is 2.47. The van der Waals surface area contributed by atoms with Crippen molar-refractivity contribution < 1.29 is 27.6 Å². The van der Waals surface area contributed by atoms with Crippen molar-refractivity contribution in [2.75, 3.05) is 92.5 Å². The minimum atomic E-state index is -2.78. The Balaban J connectivity index is 0.729. The molecule has 0 spiro atoms. The maximum absolute atomic E-state index is 16.0. The van der Waals surface area contributed by atoms with Crippen LogP contribution in [0.25, 0.3) is 5.65 Å². The Bertz CT molecular complexity index is 2420. The van der Waals surface area contributed by atoms with Crippen LogP contribution in [0.4, 0.5) is 41.7 Å². The molecule has 18 heteroatoms. The number of fused-ring (bicyclic) bond motifs is 2. The fraction of sp³-hybridized carbons (Fsp3) is 0.533. The van der Waals surface area contributed by atoms with E-state index < -0.39 is 35.9 Å². The molecule has 1 aliphatic carbocycles. The lowest BCUT2D eigenvalue weighted by atomic mass is 9.89. The van der Waals surface area contributed by atoms with Crippen LogP contribution < -0.4 is 30.7 Å². The van der Waals surface area contributed by atoms with Crippen molar-refractivity contribution >= 4 is 63.5 Å². The fourth-order valence-corrected chi connectivity index (χ4v) is 10.7. The number of carbonyl (C=O) groups excluding carboxylic acids is 3. The van der Waals surface area contributed by atoms with E-state index in [1.165, 1.54) is 16.3 Å². The van der Waals surface area contributed by atoms with E-state index in [0.717, 1.165) is 49.4 Å².